The molecule has 2 rings (SSSR count). The predicted octanol–water partition coefficient (Wildman–Crippen LogP) is 2.59. The Balaban J connectivity index is 2.01. The summed E-state index contributed by atoms with van der Waals surface area (Å²) in [6, 6.07) is 7.12. The summed E-state index contributed by atoms with van der Waals surface area (Å²) in [5, 5.41) is 5.61. The maximum Gasteiger partial charge on any atom is 0.330 e. The van der Waals surface area contributed by atoms with Gasteiger partial charge in [0.05, 0.1) is 6.61 Å². The molecule has 27 heavy (non-hydrogen) atoms. The first-order chi connectivity index (χ1) is 13.0. The van der Waals surface area contributed by atoms with Gasteiger partial charge in [-0.05, 0) is 43.5 Å². The lowest BCUT2D eigenvalue weighted by Crippen LogP contribution is -2.35. The maximum atomic E-state index is 12.3. The molecule has 1 fully saturated rings. The molecule has 1 heterocycles. The molecular weight excluding hydrogens is 412 g/mol. The molecule has 1 aromatic rings. The molecule has 1 aromatic carbocycles. The monoisotopic (exact) mass is 434 g/mol. The SMILES string of the molecule is CCOC(=O)C=C[C@H](C[C@@H]1CCNC1=O)NC(=O)C=Cc1cccc(Br)c1. The Morgan fingerprint density at radius 2 is 2.22 bits per heavy atom. The van der Waals surface area contributed by atoms with E-state index in [9.17, 15) is 14.4 Å². The number of amides is 2. The number of nitrogens with one attached hydrogen (secondary N) is 2. The van der Waals surface area contributed by atoms with E-state index < -0.39 is 12.0 Å². The second-order valence-corrected chi connectivity index (χ2v) is 7.04. The van der Waals surface area contributed by atoms with Crippen molar-refractivity contribution in [3.8, 4) is 0 Å². The van der Waals surface area contributed by atoms with Crippen LogP contribution in [0.1, 0.15) is 25.3 Å². The van der Waals surface area contributed by atoms with Crippen LogP contribution in [0, 0.1) is 5.92 Å². The first-order valence-corrected chi connectivity index (χ1v) is 9.64. The lowest BCUT2D eigenvalue weighted by atomic mass is 9.98. The Morgan fingerprint density at radius 3 is 2.89 bits per heavy atom. The van der Waals surface area contributed by atoms with Gasteiger partial charge < -0.3 is 15.4 Å². The van der Waals surface area contributed by atoms with E-state index >= 15 is 0 Å². The first-order valence-electron chi connectivity index (χ1n) is 8.84. The lowest BCUT2D eigenvalue weighted by molar-refractivity contribution is -0.137. The number of halogens is 1. The third-order valence-corrected chi connectivity index (χ3v) is 4.55. The third kappa shape index (κ3) is 7.38. The number of esters is 1. The second-order valence-electron chi connectivity index (χ2n) is 6.13. The van der Waals surface area contributed by atoms with E-state index in [4.69, 9.17) is 4.74 Å². The number of benzene rings is 1. The fraction of sp³-hybridized carbons (Fsp3) is 0.350. The van der Waals surface area contributed by atoms with Gasteiger partial charge in [0.25, 0.3) is 0 Å². The van der Waals surface area contributed by atoms with Crippen LogP contribution in [0.3, 0.4) is 0 Å². The molecule has 0 aromatic heterocycles. The summed E-state index contributed by atoms with van der Waals surface area (Å²) in [6.45, 7) is 2.63. The molecule has 1 aliphatic heterocycles. The molecule has 1 saturated heterocycles. The van der Waals surface area contributed by atoms with Crippen molar-refractivity contribution in [2.45, 2.75) is 25.8 Å². The number of hydrogen-bond donors (Lipinski definition) is 2. The highest BCUT2D eigenvalue weighted by Gasteiger charge is 2.26. The van der Waals surface area contributed by atoms with Gasteiger partial charge in [-0.1, -0.05) is 34.1 Å². The van der Waals surface area contributed by atoms with E-state index in [0.717, 1.165) is 10.0 Å². The summed E-state index contributed by atoms with van der Waals surface area (Å²) in [6.07, 6.45) is 7.15. The average Bonchev–Trinajstić information content (AvgIpc) is 3.03. The van der Waals surface area contributed by atoms with Crippen LogP contribution in [-0.4, -0.2) is 37.0 Å². The molecule has 2 amide bonds. The van der Waals surface area contributed by atoms with E-state index in [2.05, 4.69) is 26.6 Å². The topological polar surface area (TPSA) is 84.5 Å². The number of carbonyl (C=O) groups excluding carboxylic acids is 3. The minimum Gasteiger partial charge on any atom is -0.463 e. The molecule has 6 nitrogen and oxygen atoms in total. The molecule has 2 N–H and O–H groups in total. The maximum absolute atomic E-state index is 12.3. The lowest BCUT2D eigenvalue weighted by Gasteiger charge is -2.17. The summed E-state index contributed by atoms with van der Waals surface area (Å²) in [4.78, 5) is 35.7. The summed E-state index contributed by atoms with van der Waals surface area (Å²) >= 11 is 3.39. The number of hydrogen-bond acceptors (Lipinski definition) is 4. The summed E-state index contributed by atoms with van der Waals surface area (Å²) in [7, 11) is 0. The zero-order chi connectivity index (χ0) is 19.6. The standard InChI is InChI=1S/C20H23BrN2O4/c1-2-27-19(25)9-7-17(13-15-10-11-22-20(15)26)23-18(24)8-6-14-4-3-5-16(21)12-14/h3-9,12,15,17H,2,10-11,13H2,1H3,(H,22,26)(H,23,24)/t15-,17+/m0/s1. The summed E-state index contributed by atoms with van der Waals surface area (Å²) < 4.78 is 5.79. The zero-order valence-electron chi connectivity index (χ0n) is 15.1. The fourth-order valence-corrected chi connectivity index (χ4v) is 3.18. The third-order valence-electron chi connectivity index (χ3n) is 4.06. The smallest absolute Gasteiger partial charge is 0.330 e. The van der Waals surface area contributed by atoms with Gasteiger partial charge in [0.2, 0.25) is 11.8 Å². The van der Waals surface area contributed by atoms with E-state index in [1.165, 1.54) is 12.2 Å². The Bertz CT molecular complexity index is 745. The van der Waals surface area contributed by atoms with E-state index in [0.29, 0.717) is 19.4 Å². The molecule has 0 spiro atoms. The highest BCUT2D eigenvalue weighted by Crippen LogP contribution is 2.17. The van der Waals surface area contributed by atoms with Crippen LogP contribution in [0.25, 0.3) is 6.08 Å². The highest BCUT2D eigenvalue weighted by molar-refractivity contribution is 9.10. The van der Waals surface area contributed by atoms with E-state index in [1.807, 2.05) is 24.3 Å². The summed E-state index contributed by atoms with van der Waals surface area (Å²) in [5.74, 6) is -0.983. The van der Waals surface area contributed by atoms with Gasteiger partial charge in [-0.3, -0.25) is 9.59 Å². The van der Waals surface area contributed by atoms with Gasteiger partial charge in [0.1, 0.15) is 0 Å². The van der Waals surface area contributed by atoms with E-state index in [-0.39, 0.29) is 24.3 Å². The number of ether oxygens (including phenoxy) is 1. The van der Waals surface area contributed by atoms with Gasteiger partial charge in [0, 0.05) is 35.1 Å². The molecule has 0 bridgehead atoms. The Hall–Kier alpha value is -2.41. The average molecular weight is 435 g/mol. The van der Waals surface area contributed by atoms with Crippen LogP contribution in [-0.2, 0) is 19.1 Å². The molecular formula is C20H23BrN2O4. The molecule has 0 unspecified atom stereocenters. The van der Waals surface area contributed by atoms with Crippen LogP contribution in [0.4, 0.5) is 0 Å². The molecule has 7 heteroatoms. The van der Waals surface area contributed by atoms with Crippen LogP contribution in [0.15, 0.2) is 47.0 Å². The predicted molar refractivity (Wildman–Crippen MR) is 107 cm³/mol. The van der Waals surface area contributed by atoms with Crippen molar-refractivity contribution in [1.82, 2.24) is 10.6 Å². The Kier molecular flexibility index (Phi) is 8.26. The van der Waals surface area contributed by atoms with Crippen molar-refractivity contribution in [2.75, 3.05) is 13.2 Å². The molecule has 0 saturated carbocycles. The van der Waals surface area contributed by atoms with Crippen molar-refractivity contribution >= 4 is 39.8 Å². The molecule has 0 aliphatic carbocycles. The van der Waals surface area contributed by atoms with Crippen molar-refractivity contribution in [1.29, 1.82) is 0 Å². The molecule has 0 radical (unpaired) electrons. The van der Waals surface area contributed by atoms with Crippen LogP contribution in [0.2, 0.25) is 0 Å². The fourth-order valence-electron chi connectivity index (χ4n) is 2.76. The molecule has 2 atom stereocenters. The second kappa shape index (κ2) is 10.7. The minimum absolute atomic E-state index is 0.0246. The largest absolute Gasteiger partial charge is 0.463 e. The zero-order valence-corrected chi connectivity index (χ0v) is 16.7. The quantitative estimate of drug-likeness (QED) is 0.486. The van der Waals surface area contributed by atoms with Crippen molar-refractivity contribution in [2.24, 2.45) is 5.92 Å². The normalized spacial score (nSPS) is 17.9. The van der Waals surface area contributed by atoms with Crippen LogP contribution >= 0.6 is 15.9 Å². The van der Waals surface area contributed by atoms with Crippen molar-refractivity contribution < 1.29 is 19.1 Å². The van der Waals surface area contributed by atoms with Crippen LogP contribution in [0.5, 0.6) is 0 Å². The van der Waals surface area contributed by atoms with Crippen molar-refractivity contribution in [3.63, 3.8) is 0 Å². The molecule has 144 valence electrons. The Morgan fingerprint density at radius 1 is 1.41 bits per heavy atom. The number of rotatable bonds is 8. The summed E-state index contributed by atoms with van der Waals surface area (Å²) in [5.41, 5.74) is 0.883. The van der Waals surface area contributed by atoms with E-state index in [1.54, 1.807) is 19.1 Å². The minimum atomic E-state index is -0.475. The van der Waals surface area contributed by atoms with Gasteiger partial charge in [-0.25, -0.2) is 4.79 Å². The highest BCUT2D eigenvalue weighted by atomic mass is 79.9. The Labute approximate surface area is 167 Å². The number of carbonyl (C=O) groups is 3. The van der Waals surface area contributed by atoms with Gasteiger partial charge in [-0.15, -0.1) is 0 Å². The van der Waals surface area contributed by atoms with Crippen LogP contribution < -0.4 is 10.6 Å². The first kappa shape index (κ1) is 20.9. The van der Waals surface area contributed by atoms with Gasteiger partial charge in [0.15, 0.2) is 0 Å². The molecule has 1 aliphatic rings. The van der Waals surface area contributed by atoms with Gasteiger partial charge in [-0.2, -0.15) is 0 Å². The van der Waals surface area contributed by atoms with Gasteiger partial charge >= 0.3 is 5.97 Å². The van der Waals surface area contributed by atoms with Crippen molar-refractivity contribution in [3.05, 3.63) is 52.5 Å².